The minimum absolute atomic E-state index is 0.150. The van der Waals surface area contributed by atoms with Crippen molar-refractivity contribution in [2.45, 2.75) is 38.3 Å². The maximum absolute atomic E-state index is 11.8. The monoisotopic (exact) mass is 255 g/mol. The Balaban J connectivity index is 1.62. The minimum atomic E-state index is 0.150. The quantitative estimate of drug-likeness (QED) is 0.724. The normalized spacial score (nSPS) is 27.1. The number of hydrogen-bond donors (Lipinski definition) is 2. The number of carbonyl (C=O) groups excluding carboxylic acids is 1. The molecular weight excluding hydrogens is 230 g/mol. The maximum Gasteiger partial charge on any atom is 0.221 e. The largest absolute Gasteiger partial charge is 0.376 e. The fraction of sp³-hybridized carbons (Fsp3) is 0.923. The van der Waals surface area contributed by atoms with Crippen LogP contribution in [0.4, 0.5) is 0 Å². The second-order valence-electron chi connectivity index (χ2n) is 5.28. The first-order valence-corrected chi connectivity index (χ1v) is 7.09. The summed E-state index contributed by atoms with van der Waals surface area (Å²) in [5.41, 5.74) is 0. The molecule has 0 aromatic heterocycles. The van der Waals surface area contributed by atoms with Crippen molar-refractivity contribution in [3.8, 4) is 0 Å². The van der Waals surface area contributed by atoms with Gasteiger partial charge in [-0.1, -0.05) is 0 Å². The second-order valence-corrected chi connectivity index (χ2v) is 5.28. The number of carbonyl (C=O) groups is 1. The Morgan fingerprint density at radius 3 is 2.94 bits per heavy atom. The van der Waals surface area contributed by atoms with E-state index in [0.717, 1.165) is 45.6 Å². The number of nitrogens with one attached hydrogen (secondary N) is 2. The van der Waals surface area contributed by atoms with Crippen molar-refractivity contribution in [2.75, 3.05) is 39.3 Å². The molecule has 5 heteroatoms. The topological polar surface area (TPSA) is 53.6 Å². The Labute approximate surface area is 109 Å². The van der Waals surface area contributed by atoms with Gasteiger partial charge in [0.2, 0.25) is 5.91 Å². The molecule has 0 bridgehead atoms. The summed E-state index contributed by atoms with van der Waals surface area (Å²) in [6.45, 7) is 7.80. The smallest absolute Gasteiger partial charge is 0.221 e. The van der Waals surface area contributed by atoms with E-state index in [-0.39, 0.29) is 12.0 Å². The lowest BCUT2D eigenvalue weighted by molar-refractivity contribution is -0.122. The van der Waals surface area contributed by atoms with E-state index in [2.05, 4.69) is 22.5 Å². The van der Waals surface area contributed by atoms with Crippen LogP contribution >= 0.6 is 0 Å². The average Bonchev–Trinajstić information content (AvgIpc) is 2.90. The van der Waals surface area contributed by atoms with Crippen LogP contribution in [-0.2, 0) is 9.53 Å². The van der Waals surface area contributed by atoms with Crippen LogP contribution < -0.4 is 10.6 Å². The van der Waals surface area contributed by atoms with E-state index < -0.39 is 0 Å². The van der Waals surface area contributed by atoms with Gasteiger partial charge in [0.25, 0.3) is 0 Å². The van der Waals surface area contributed by atoms with E-state index >= 15 is 0 Å². The van der Waals surface area contributed by atoms with Crippen molar-refractivity contribution >= 4 is 5.91 Å². The number of amides is 1. The Kier molecular flexibility index (Phi) is 5.41. The molecule has 2 unspecified atom stereocenters. The molecule has 104 valence electrons. The molecule has 5 nitrogen and oxygen atoms in total. The van der Waals surface area contributed by atoms with E-state index in [1.807, 2.05) is 0 Å². The standard InChI is InChI=1S/C13H25N3O2/c1-11(16-6-4-14-5-7-16)9-13(17)15-10-12-3-2-8-18-12/h11-12,14H,2-10H2,1H3,(H,15,17). The highest BCUT2D eigenvalue weighted by Gasteiger charge is 2.20. The zero-order valence-corrected chi connectivity index (χ0v) is 11.3. The molecule has 2 saturated heterocycles. The Morgan fingerprint density at radius 1 is 1.50 bits per heavy atom. The summed E-state index contributed by atoms with van der Waals surface area (Å²) >= 11 is 0. The fourth-order valence-electron chi connectivity index (χ4n) is 2.63. The molecule has 0 saturated carbocycles. The lowest BCUT2D eigenvalue weighted by Crippen LogP contribution is -2.48. The molecule has 0 spiro atoms. The summed E-state index contributed by atoms with van der Waals surface area (Å²) in [5, 5.41) is 6.31. The van der Waals surface area contributed by atoms with Gasteiger partial charge in [-0.3, -0.25) is 9.69 Å². The third kappa shape index (κ3) is 4.23. The average molecular weight is 255 g/mol. The first-order valence-electron chi connectivity index (χ1n) is 7.09. The van der Waals surface area contributed by atoms with Gasteiger partial charge in [-0.05, 0) is 19.8 Å². The fourth-order valence-corrected chi connectivity index (χ4v) is 2.63. The van der Waals surface area contributed by atoms with Gasteiger partial charge in [0.1, 0.15) is 0 Å². The predicted octanol–water partition coefficient (Wildman–Crippen LogP) is -0.0346. The zero-order valence-electron chi connectivity index (χ0n) is 11.3. The van der Waals surface area contributed by atoms with Gasteiger partial charge in [-0.15, -0.1) is 0 Å². The lowest BCUT2D eigenvalue weighted by Gasteiger charge is -2.32. The number of nitrogens with zero attached hydrogens (tertiary/aromatic N) is 1. The summed E-state index contributed by atoms with van der Waals surface area (Å²) in [6, 6.07) is 0.330. The van der Waals surface area contributed by atoms with E-state index in [1.165, 1.54) is 0 Å². The summed E-state index contributed by atoms with van der Waals surface area (Å²) in [7, 11) is 0. The SMILES string of the molecule is CC(CC(=O)NCC1CCCO1)N1CCNCC1. The first-order chi connectivity index (χ1) is 8.75. The van der Waals surface area contributed by atoms with Crippen LogP contribution in [0.2, 0.25) is 0 Å². The molecule has 0 aromatic rings. The van der Waals surface area contributed by atoms with E-state index in [0.29, 0.717) is 19.0 Å². The van der Waals surface area contributed by atoms with Crippen LogP contribution in [0.1, 0.15) is 26.2 Å². The summed E-state index contributed by atoms with van der Waals surface area (Å²) in [6.07, 6.45) is 3.03. The van der Waals surface area contributed by atoms with Crippen molar-refractivity contribution in [3.05, 3.63) is 0 Å². The Bertz CT molecular complexity index is 261. The van der Waals surface area contributed by atoms with Crippen LogP contribution in [0, 0.1) is 0 Å². The molecule has 2 aliphatic rings. The Hall–Kier alpha value is -0.650. The Morgan fingerprint density at radius 2 is 2.28 bits per heavy atom. The molecule has 2 atom stereocenters. The molecule has 2 N–H and O–H groups in total. The summed E-state index contributed by atoms with van der Waals surface area (Å²) in [4.78, 5) is 14.2. The van der Waals surface area contributed by atoms with Gasteiger partial charge < -0.3 is 15.4 Å². The van der Waals surface area contributed by atoms with Gasteiger partial charge in [-0.2, -0.15) is 0 Å². The summed E-state index contributed by atoms with van der Waals surface area (Å²) in [5.74, 6) is 0.150. The highest BCUT2D eigenvalue weighted by molar-refractivity contribution is 5.76. The molecular formula is C13H25N3O2. The second kappa shape index (κ2) is 7.07. The van der Waals surface area contributed by atoms with Crippen LogP contribution in [0.5, 0.6) is 0 Å². The van der Waals surface area contributed by atoms with Crippen molar-refractivity contribution < 1.29 is 9.53 Å². The number of hydrogen-bond acceptors (Lipinski definition) is 4. The molecule has 0 aliphatic carbocycles. The van der Waals surface area contributed by atoms with Crippen molar-refractivity contribution in [3.63, 3.8) is 0 Å². The van der Waals surface area contributed by atoms with Gasteiger partial charge >= 0.3 is 0 Å². The molecule has 0 aromatic carbocycles. The molecule has 2 heterocycles. The number of piperazine rings is 1. The van der Waals surface area contributed by atoms with E-state index in [9.17, 15) is 4.79 Å². The molecule has 0 radical (unpaired) electrons. The summed E-state index contributed by atoms with van der Waals surface area (Å²) < 4.78 is 5.49. The van der Waals surface area contributed by atoms with Crippen molar-refractivity contribution in [1.82, 2.24) is 15.5 Å². The third-order valence-corrected chi connectivity index (χ3v) is 3.81. The molecule has 2 fully saturated rings. The first kappa shape index (κ1) is 13.8. The van der Waals surface area contributed by atoms with E-state index in [4.69, 9.17) is 4.74 Å². The van der Waals surface area contributed by atoms with Gasteiger partial charge in [0, 0.05) is 51.8 Å². The zero-order chi connectivity index (χ0) is 12.8. The van der Waals surface area contributed by atoms with Crippen LogP contribution in [0.3, 0.4) is 0 Å². The van der Waals surface area contributed by atoms with Crippen molar-refractivity contribution in [1.29, 1.82) is 0 Å². The highest BCUT2D eigenvalue weighted by Crippen LogP contribution is 2.11. The predicted molar refractivity (Wildman–Crippen MR) is 70.5 cm³/mol. The van der Waals surface area contributed by atoms with Crippen LogP contribution in [0.25, 0.3) is 0 Å². The van der Waals surface area contributed by atoms with Crippen LogP contribution in [0.15, 0.2) is 0 Å². The minimum Gasteiger partial charge on any atom is -0.376 e. The number of rotatable bonds is 5. The van der Waals surface area contributed by atoms with Crippen molar-refractivity contribution in [2.24, 2.45) is 0 Å². The van der Waals surface area contributed by atoms with Crippen LogP contribution in [-0.4, -0.2) is 62.3 Å². The van der Waals surface area contributed by atoms with Gasteiger partial charge in [0.05, 0.1) is 6.10 Å². The van der Waals surface area contributed by atoms with Gasteiger partial charge in [0.15, 0.2) is 0 Å². The lowest BCUT2D eigenvalue weighted by atomic mass is 10.1. The molecule has 1 amide bonds. The number of ether oxygens (including phenoxy) is 1. The van der Waals surface area contributed by atoms with E-state index in [1.54, 1.807) is 0 Å². The molecule has 2 rings (SSSR count). The highest BCUT2D eigenvalue weighted by atomic mass is 16.5. The molecule has 2 aliphatic heterocycles. The van der Waals surface area contributed by atoms with Gasteiger partial charge in [-0.25, -0.2) is 0 Å². The third-order valence-electron chi connectivity index (χ3n) is 3.81. The maximum atomic E-state index is 11.8. The molecule has 18 heavy (non-hydrogen) atoms.